The van der Waals surface area contributed by atoms with Gasteiger partial charge in [0.05, 0.1) is 6.54 Å². The van der Waals surface area contributed by atoms with Crippen molar-refractivity contribution in [3.63, 3.8) is 0 Å². The van der Waals surface area contributed by atoms with Crippen molar-refractivity contribution in [3.8, 4) is 11.8 Å². The highest BCUT2D eigenvalue weighted by Gasteiger charge is 2.54. The number of aromatic nitrogens is 1. The van der Waals surface area contributed by atoms with Gasteiger partial charge in [0.25, 0.3) is 11.8 Å². The molecule has 53 heavy (non-hydrogen) atoms. The molecular weight excluding hydrogens is 695 g/mol. The highest BCUT2D eigenvalue weighted by molar-refractivity contribution is 7.10. The monoisotopic (exact) mass is 755 g/mol. The number of thiazole rings is 1. The molecule has 0 spiro atoms. The number of rotatable bonds is 15. The molecule has 12 nitrogen and oxygen atoms in total. The van der Waals surface area contributed by atoms with Gasteiger partial charge in [-0.25, -0.2) is 4.98 Å². The van der Waals surface area contributed by atoms with Gasteiger partial charge < -0.3 is 29.3 Å². The fourth-order valence-electron chi connectivity index (χ4n) is 7.52. The van der Waals surface area contributed by atoms with Gasteiger partial charge in [-0.2, -0.15) is 5.06 Å². The SMILES string of the molecule is CC(C)C[C@H]1ON(C(=O)/C=C/c2nc(C#CCCCCO)cs2)[C@H]2CN([C@@H]3CCN(CCCCOC4CCCCO4)C3)C(=O)[C@H](CC(C)(C)C)N2C1=O. The second-order valence-electron chi connectivity index (χ2n) is 16.4. The third-order valence-corrected chi connectivity index (χ3v) is 11.0. The summed E-state index contributed by atoms with van der Waals surface area (Å²) in [5.74, 6) is 5.61. The quantitative estimate of drug-likeness (QED) is 0.149. The number of hydroxylamine groups is 2. The van der Waals surface area contributed by atoms with Gasteiger partial charge in [-0.3, -0.25) is 19.2 Å². The predicted octanol–water partition coefficient (Wildman–Crippen LogP) is 5.06. The third-order valence-electron chi connectivity index (χ3n) is 10.2. The maximum atomic E-state index is 14.5. The number of hydrogen-bond acceptors (Lipinski definition) is 10. The smallest absolute Gasteiger partial charge is 0.272 e. The number of ether oxygens (including phenoxy) is 2. The molecule has 0 bridgehead atoms. The number of carbonyl (C=O) groups excluding carboxylic acids is 3. The van der Waals surface area contributed by atoms with Crippen LogP contribution in [0.3, 0.4) is 0 Å². The first kappa shape index (κ1) is 41.3. The molecule has 3 amide bonds. The molecule has 1 unspecified atom stereocenters. The first-order valence-corrected chi connectivity index (χ1v) is 20.6. The molecule has 5 rings (SSSR count). The summed E-state index contributed by atoms with van der Waals surface area (Å²) in [5.41, 5.74) is 0.388. The molecule has 1 aromatic rings. The van der Waals surface area contributed by atoms with E-state index in [0.29, 0.717) is 36.6 Å². The number of piperazine rings is 1. The molecule has 4 aliphatic rings. The highest BCUT2D eigenvalue weighted by atomic mass is 32.1. The number of amides is 3. The first-order chi connectivity index (χ1) is 25.4. The molecule has 4 saturated heterocycles. The minimum absolute atomic E-state index is 0.0199. The van der Waals surface area contributed by atoms with E-state index in [1.54, 1.807) is 11.0 Å². The summed E-state index contributed by atoms with van der Waals surface area (Å²) >= 11 is 1.39. The molecule has 1 N–H and O–H groups in total. The topological polar surface area (TPSA) is 125 Å². The maximum Gasteiger partial charge on any atom is 0.272 e. The van der Waals surface area contributed by atoms with E-state index < -0.39 is 24.2 Å². The standard InChI is InChI=1S/C40H61N5O7S/c1-29(2)24-33-39(49)44-32(25-40(3,4)5)38(48)43(31-18-20-42(26-31)19-10-13-23-51-37-15-9-12-22-50-37)27-35(44)45(52-33)36(47)17-16-34-41-30(28-53-34)14-8-6-7-11-21-46/h16-17,28-29,31-33,35,37,46H,6-7,9-13,15,18-27H2,1-5H3/b17-16+/t31-,32+,33-,35+,37?/m1/s1. The van der Waals surface area contributed by atoms with Gasteiger partial charge in [0.2, 0.25) is 5.91 Å². The molecule has 5 heterocycles. The summed E-state index contributed by atoms with van der Waals surface area (Å²) in [4.78, 5) is 59.6. The summed E-state index contributed by atoms with van der Waals surface area (Å²) in [5, 5.41) is 12.8. The summed E-state index contributed by atoms with van der Waals surface area (Å²) in [6.45, 7) is 14.7. The second-order valence-corrected chi connectivity index (χ2v) is 17.3. The Kier molecular flexibility index (Phi) is 15.3. The van der Waals surface area contributed by atoms with E-state index >= 15 is 0 Å². The molecule has 0 aromatic carbocycles. The van der Waals surface area contributed by atoms with E-state index in [4.69, 9.17) is 19.4 Å². The van der Waals surface area contributed by atoms with Crippen molar-refractivity contribution in [3.05, 3.63) is 22.2 Å². The zero-order valence-corrected chi connectivity index (χ0v) is 33.3. The van der Waals surface area contributed by atoms with Crippen LogP contribution >= 0.6 is 11.3 Å². The third kappa shape index (κ3) is 11.8. The lowest BCUT2D eigenvalue weighted by Gasteiger charge is -2.54. The lowest BCUT2D eigenvalue weighted by atomic mass is 9.85. The van der Waals surface area contributed by atoms with Gasteiger partial charge >= 0.3 is 0 Å². The number of unbranched alkanes of at least 4 members (excludes halogenated alkanes) is 3. The normalized spacial score (nSPS) is 25.7. The van der Waals surface area contributed by atoms with Crippen LogP contribution in [-0.4, -0.2) is 124 Å². The van der Waals surface area contributed by atoms with Crippen LogP contribution in [0.1, 0.15) is 116 Å². The van der Waals surface area contributed by atoms with Crippen molar-refractivity contribution in [1.29, 1.82) is 0 Å². The second kappa shape index (κ2) is 19.6. The van der Waals surface area contributed by atoms with Crippen molar-refractivity contribution in [2.45, 2.75) is 136 Å². The van der Waals surface area contributed by atoms with Crippen LogP contribution in [0.2, 0.25) is 0 Å². The number of carbonyl (C=O) groups is 3. The highest BCUT2D eigenvalue weighted by Crippen LogP contribution is 2.36. The van der Waals surface area contributed by atoms with E-state index in [9.17, 15) is 14.4 Å². The number of fused-ring (bicyclic) bond motifs is 1. The summed E-state index contributed by atoms with van der Waals surface area (Å²) < 4.78 is 11.6. The van der Waals surface area contributed by atoms with Gasteiger partial charge in [0, 0.05) is 56.8 Å². The first-order valence-electron chi connectivity index (χ1n) is 19.7. The van der Waals surface area contributed by atoms with Crippen molar-refractivity contribution in [1.82, 2.24) is 24.7 Å². The Morgan fingerprint density at radius 1 is 1.13 bits per heavy atom. The molecule has 0 radical (unpaired) electrons. The average Bonchev–Trinajstić information content (AvgIpc) is 3.78. The van der Waals surface area contributed by atoms with E-state index in [1.165, 1.54) is 22.5 Å². The lowest BCUT2D eigenvalue weighted by molar-refractivity contribution is -0.275. The maximum absolute atomic E-state index is 14.5. The zero-order chi connectivity index (χ0) is 38.0. The van der Waals surface area contributed by atoms with Crippen molar-refractivity contribution < 1.29 is 33.8 Å². The van der Waals surface area contributed by atoms with Crippen LogP contribution in [0.25, 0.3) is 6.08 Å². The number of nitrogens with zero attached hydrogens (tertiary/aromatic N) is 5. The van der Waals surface area contributed by atoms with Crippen LogP contribution < -0.4 is 0 Å². The number of aliphatic hydroxyl groups excluding tert-OH is 1. The van der Waals surface area contributed by atoms with Crippen molar-refractivity contribution >= 4 is 35.1 Å². The Hall–Kier alpha value is -2.86. The predicted molar refractivity (Wildman–Crippen MR) is 204 cm³/mol. The minimum atomic E-state index is -0.867. The molecule has 0 saturated carbocycles. The lowest BCUT2D eigenvalue weighted by Crippen LogP contribution is -2.74. The zero-order valence-electron chi connectivity index (χ0n) is 32.5. The molecular formula is C40H61N5O7S. The molecule has 1 aromatic heterocycles. The number of hydrogen-bond donors (Lipinski definition) is 1. The molecule has 5 atom stereocenters. The van der Waals surface area contributed by atoms with Gasteiger partial charge in [0.15, 0.2) is 18.6 Å². The summed E-state index contributed by atoms with van der Waals surface area (Å²) in [6.07, 6.45) is 10.6. The molecule has 0 aliphatic carbocycles. The fourth-order valence-corrected chi connectivity index (χ4v) is 8.17. The van der Waals surface area contributed by atoms with Gasteiger partial charge in [-0.05, 0) is 94.1 Å². The van der Waals surface area contributed by atoms with E-state index in [1.807, 2.05) is 24.1 Å². The Morgan fingerprint density at radius 3 is 2.70 bits per heavy atom. The van der Waals surface area contributed by atoms with Gasteiger partial charge in [-0.1, -0.05) is 40.5 Å². The molecule has 13 heteroatoms. The minimum Gasteiger partial charge on any atom is -0.396 e. The number of likely N-dealkylation sites (tertiary alicyclic amines) is 1. The Balaban J connectivity index is 1.29. The van der Waals surface area contributed by atoms with E-state index in [2.05, 4.69) is 42.5 Å². The fraction of sp³-hybridized carbons (Fsp3) is 0.750. The summed E-state index contributed by atoms with van der Waals surface area (Å²) in [7, 11) is 0. The van der Waals surface area contributed by atoms with Crippen LogP contribution in [-0.2, 0) is 28.7 Å². The van der Waals surface area contributed by atoms with Crippen LogP contribution in [0.5, 0.6) is 0 Å². The Labute approximate surface area is 320 Å². The van der Waals surface area contributed by atoms with Crippen molar-refractivity contribution in [2.75, 3.05) is 46.0 Å². The van der Waals surface area contributed by atoms with Crippen molar-refractivity contribution in [2.24, 2.45) is 11.3 Å². The van der Waals surface area contributed by atoms with E-state index in [0.717, 1.165) is 77.6 Å². The molecule has 4 aliphatic heterocycles. The van der Waals surface area contributed by atoms with Crippen LogP contribution in [0.4, 0.5) is 0 Å². The van der Waals surface area contributed by atoms with Gasteiger partial charge in [0.1, 0.15) is 16.7 Å². The number of aliphatic hydroxyl groups is 1. The summed E-state index contributed by atoms with van der Waals surface area (Å²) in [6, 6.07) is -0.724. The van der Waals surface area contributed by atoms with Crippen LogP contribution in [0.15, 0.2) is 11.5 Å². The molecule has 4 fully saturated rings. The van der Waals surface area contributed by atoms with E-state index in [-0.39, 0.29) is 48.6 Å². The van der Waals surface area contributed by atoms with Gasteiger partial charge in [-0.15, -0.1) is 11.3 Å². The average molecular weight is 756 g/mol. The Bertz CT molecular complexity index is 1460. The Morgan fingerprint density at radius 2 is 1.96 bits per heavy atom. The largest absolute Gasteiger partial charge is 0.396 e. The van der Waals surface area contributed by atoms with Crippen LogP contribution in [0, 0.1) is 23.2 Å². The molecule has 294 valence electrons.